The minimum atomic E-state index is -0.358. The number of imide groups is 1. The molecular weight excluding hydrogens is 400 g/mol. The molecule has 2 amide bonds. The van der Waals surface area contributed by atoms with E-state index in [0.29, 0.717) is 44.3 Å². The van der Waals surface area contributed by atoms with Gasteiger partial charge in [-0.3, -0.25) is 9.59 Å². The van der Waals surface area contributed by atoms with Crippen LogP contribution in [0.25, 0.3) is 32.7 Å². The highest BCUT2D eigenvalue weighted by atomic mass is 16.3. The lowest BCUT2D eigenvalue weighted by molar-refractivity contribution is 0.0893. The van der Waals surface area contributed by atoms with Gasteiger partial charge in [-0.25, -0.2) is 4.90 Å². The van der Waals surface area contributed by atoms with Crippen molar-refractivity contribution in [3.63, 3.8) is 0 Å². The number of hydrogen-bond acceptors (Lipinski definition) is 4. The molecule has 1 aliphatic heterocycles. The van der Waals surface area contributed by atoms with E-state index in [2.05, 4.69) is 6.07 Å². The maximum absolute atomic E-state index is 13.8. The van der Waals surface area contributed by atoms with Crippen molar-refractivity contribution in [2.24, 2.45) is 0 Å². The van der Waals surface area contributed by atoms with Crippen molar-refractivity contribution in [3.8, 4) is 6.07 Å². The summed E-state index contributed by atoms with van der Waals surface area (Å²) in [5.41, 5.74) is 5.02. The van der Waals surface area contributed by atoms with Gasteiger partial charge in [0.25, 0.3) is 11.8 Å². The van der Waals surface area contributed by atoms with Gasteiger partial charge in [0.2, 0.25) is 0 Å². The number of carbonyl (C=O) groups is 2. The van der Waals surface area contributed by atoms with Crippen molar-refractivity contribution in [1.82, 2.24) is 0 Å². The highest BCUT2D eigenvalue weighted by molar-refractivity contribution is 6.38. The van der Waals surface area contributed by atoms with Crippen molar-refractivity contribution >= 4 is 50.2 Å². The average Bonchev–Trinajstić information content (AvgIpc) is 3.17. The Bertz CT molecular complexity index is 1680. The molecule has 2 heterocycles. The average molecular weight is 416 g/mol. The normalized spacial score (nSPS) is 13.3. The molecule has 0 saturated heterocycles. The van der Waals surface area contributed by atoms with Gasteiger partial charge < -0.3 is 4.42 Å². The first-order valence-corrected chi connectivity index (χ1v) is 10.3. The van der Waals surface area contributed by atoms with E-state index in [-0.39, 0.29) is 11.8 Å². The zero-order valence-corrected chi connectivity index (χ0v) is 17.4. The largest absolute Gasteiger partial charge is 0.455 e. The first-order chi connectivity index (χ1) is 15.5. The molecule has 1 aromatic heterocycles. The lowest BCUT2D eigenvalue weighted by atomic mass is 9.91. The molecule has 5 nitrogen and oxygen atoms in total. The Kier molecular flexibility index (Phi) is 3.60. The van der Waals surface area contributed by atoms with Gasteiger partial charge in [-0.1, -0.05) is 30.3 Å². The molecule has 0 spiro atoms. The topological polar surface area (TPSA) is 74.3 Å². The van der Waals surface area contributed by atoms with Crippen LogP contribution in [0.5, 0.6) is 0 Å². The van der Waals surface area contributed by atoms with Crippen LogP contribution in [0.2, 0.25) is 0 Å². The number of carbonyl (C=O) groups excluding carboxylic acids is 2. The summed E-state index contributed by atoms with van der Waals surface area (Å²) >= 11 is 0. The zero-order valence-electron chi connectivity index (χ0n) is 17.4. The summed E-state index contributed by atoms with van der Waals surface area (Å²) in [4.78, 5) is 28.6. The first kappa shape index (κ1) is 18.3. The zero-order chi connectivity index (χ0) is 22.1. The third kappa shape index (κ3) is 2.26. The smallest absolute Gasteiger partial charge is 0.266 e. The number of fused-ring (bicyclic) bond motifs is 4. The van der Waals surface area contributed by atoms with E-state index in [9.17, 15) is 14.9 Å². The molecule has 0 saturated carbocycles. The third-order valence-electron chi connectivity index (χ3n) is 6.25. The summed E-state index contributed by atoms with van der Waals surface area (Å²) in [5, 5.41) is 12.2. The number of nitrogens with zero attached hydrogens (tertiary/aromatic N) is 2. The second kappa shape index (κ2) is 6.29. The molecular formula is C27H16N2O3. The molecule has 4 aromatic carbocycles. The lowest BCUT2D eigenvalue weighted by Crippen LogP contribution is -2.41. The van der Waals surface area contributed by atoms with Gasteiger partial charge in [0, 0.05) is 32.7 Å². The Morgan fingerprint density at radius 3 is 2.28 bits per heavy atom. The number of nitriles is 1. The monoisotopic (exact) mass is 416 g/mol. The number of amides is 2. The fraction of sp³-hybridized carbons (Fsp3) is 0.0741. The van der Waals surface area contributed by atoms with Crippen LogP contribution < -0.4 is 4.90 Å². The molecule has 0 atom stereocenters. The van der Waals surface area contributed by atoms with Crippen LogP contribution in [0.4, 0.5) is 5.69 Å². The van der Waals surface area contributed by atoms with Gasteiger partial charge in [-0.05, 0) is 55.3 Å². The lowest BCUT2D eigenvalue weighted by Gasteiger charge is -2.29. The van der Waals surface area contributed by atoms with E-state index in [4.69, 9.17) is 4.42 Å². The molecule has 0 N–H and O–H groups in total. The van der Waals surface area contributed by atoms with Crippen molar-refractivity contribution in [2.75, 3.05) is 4.90 Å². The molecule has 0 radical (unpaired) electrons. The van der Waals surface area contributed by atoms with Gasteiger partial charge in [0.1, 0.15) is 11.2 Å². The molecule has 1 aliphatic rings. The quantitative estimate of drug-likeness (QED) is 0.313. The van der Waals surface area contributed by atoms with E-state index in [1.165, 1.54) is 4.90 Å². The Labute approximate surface area is 183 Å². The second-order valence-electron chi connectivity index (χ2n) is 8.14. The summed E-state index contributed by atoms with van der Waals surface area (Å²) in [7, 11) is 0. The number of rotatable bonds is 1. The van der Waals surface area contributed by atoms with Crippen molar-refractivity contribution in [2.45, 2.75) is 13.8 Å². The SMILES string of the molecule is Cc1cccc(C)c1N1C(=O)c2cccc3c2c(cc2c4cc(C#N)ccc4oc32)C1=O. The predicted molar refractivity (Wildman–Crippen MR) is 123 cm³/mol. The molecule has 152 valence electrons. The molecule has 5 heteroatoms. The van der Waals surface area contributed by atoms with E-state index in [0.717, 1.165) is 21.9 Å². The fourth-order valence-electron chi connectivity index (χ4n) is 4.82. The summed E-state index contributed by atoms with van der Waals surface area (Å²) in [6.07, 6.45) is 0. The van der Waals surface area contributed by atoms with E-state index in [1.54, 1.807) is 30.3 Å². The van der Waals surface area contributed by atoms with Crippen LogP contribution >= 0.6 is 0 Å². The summed E-state index contributed by atoms with van der Waals surface area (Å²) in [6, 6.07) is 20.3. The highest BCUT2D eigenvalue weighted by Crippen LogP contribution is 2.41. The number of benzene rings is 4. The second-order valence-corrected chi connectivity index (χ2v) is 8.14. The van der Waals surface area contributed by atoms with Crippen LogP contribution in [-0.4, -0.2) is 11.8 Å². The fourth-order valence-corrected chi connectivity index (χ4v) is 4.82. The van der Waals surface area contributed by atoms with Crippen LogP contribution in [0.3, 0.4) is 0 Å². The number of furan rings is 1. The number of aryl methyl sites for hydroxylation is 2. The predicted octanol–water partition coefficient (Wildman–Crippen LogP) is 6.03. The van der Waals surface area contributed by atoms with Gasteiger partial charge >= 0.3 is 0 Å². The van der Waals surface area contributed by atoms with Crippen LogP contribution in [0.15, 0.2) is 65.1 Å². The van der Waals surface area contributed by atoms with Gasteiger partial charge in [-0.15, -0.1) is 0 Å². The summed E-state index contributed by atoms with van der Waals surface area (Å²) in [5.74, 6) is -0.698. The Hall–Kier alpha value is -4.43. The van der Waals surface area contributed by atoms with E-state index < -0.39 is 0 Å². The van der Waals surface area contributed by atoms with Crippen molar-refractivity contribution < 1.29 is 14.0 Å². The van der Waals surface area contributed by atoms with Crippen LogP contribution in [0, 0.1) is 25.2 Å². The maximum Gasteiger partial charge on any atom is 0.266 e. The molecule has 0 unspecified atom stereocenters. The maximum atomic E-state index is 13.8. The molecule has 0 aliphatic carbocycles. The van der Waals surface area contributed by atoms with Gasteiger partial charge in [0.15, 0.2) is 0 Å². The standard InChI is InChI=1S/C27H16N2O3/c1-14-5-3-6-15(2)24(14)29-26(30)18-8-4-7-17-23(18)21(27(29)31)12-20-19-11-16(13-28)9-10-22(19)32-25(17)20/h3-12H,1-2H3. The van der Waals surface area contributed by atoms with Crippen molar-refractivity contribution in [1.29, 1.82) is 5.26 Å². The third-order valence-corrected chi connectivity index (χ3v) is 6.25. The summed E-state index contributed by atoms with van der Waals surface area (Å²) in [6.45, 7) is 3.80. The van der Waals surface area contributed by atoms with Crippen molar-refractivity contribution in [3.05, 3.63) is 88.5 Å². The Morgan fingerprint density at radius 2 is 1.53 bits per heavy atom. The molecule has 0 fully saturated rings. The summed E-state index contributed by atoms with van der Waals surface area (Å²) < 4.78 is 6.12. The Morgan fingerprint density at radius 1 is 0.812 bits per heavy atom. The van der Waals surface area contributed by atoms with E-state index >= 15 is 0 Å². The number of anilines is 1. The molecule has 0 bridgehead atoms. The number of hydrogen-bond donors (Lipinski definition) is 0. The van der Waals surface area contributed by atoms with E-state index in [1.807, 2.05) is 44.2 Å². The molecule has 32 heavy (non-hydrogen) atoms. The highest BCUT2D eigenvalue weighted by Gasteiger charge is 2.36. The first-order valence-electron chi connectivity index (χ1n) is 10.3. The Balaban J connectivity index is 1.73. The van der Waals surface area contributed by atoms with Crippen LogP contribution in [-0.2, 0) is 0 Å². The van der Waals surface area contributed by atoms with Gasteiger partial charge in [-0.2, -0.15) is 5.26 Å². The van der Waals surface area contributed by atoms with Crippen LogP contribution in [0.1, 0.15) is 37.4 Å². The van der Waals surface area contributed by atoms with Gasteiger partial charge in [0.05, 0.1) is 17.3 Å². The minimum absolute atomic E-state index is 0.340. The molecule has 5 aromatic rings. The molecule has 6 rings (SSSR count). The number of para-hydroxylation sites is 1. The minimum Gasteiger partial charge on any atom is -0.455 e.